The number of carbonyl (C=O) groups is 1. The SMILES string of the molecule is Cc1[nH]c(-c2cc(NC[SH](=O)=O)ccc2Oc2ccccc2)cc1C(N)=O. The summed E-state index contributed by atoms with van der Waals surface area (Å²) < 4.78 is 27.7. The maximum Gasteiger partial charge on any atom is 0.250 e. The first-order valence-corrected chi connectivity index (χ1v) is 9.52. The number of thiol groups is 1. The molecule has 0 fully saturated rings. The molecule has 4 N–H and O–H groups in total. The second-order valence-corrected chi connectivity index (χ2v) is 6.86. The predicted molar refractivity (Wildman–Crippen MR) is 105 cm³/mol. The van der Waals surface area contributed by atoms with Crippen molar-refractivity contribution in [2.24, 2.45) is 5.73 Å². The highest BCUT2D eigenvalue weighted by Crippen LogP contribution is 2.36. The van der Waals surface area contributed by atoms with Crippen molar-refractivity contribution in [2.75, 3.05) is 11.2 Å². The van der Waals surface area contributed by atoms with E-state index in [2.05, 4.69) is 10.3 Å². The van der Waals surface area contributed by atoms with E-state index in [4.69, 9.17) is 10.5 Å². The second-order valence-electron chi connectivity index (χ2n) is 5.88. The number of primary amides is 1. The Balaban J connectivity index is 2.04. The monoisotopic (exact) mass is 385 g/mol. The number of amides is 1. The third-order valence-electron chi connectivity index (χ3n) is 3.93. The van der Waals surface area contributed by atoms with E-state index in [-0.39, 0.29) is 5.88 Å². The number of hydrogen-bond acceptors (Lipinski definition) is 5. The maximum absolute atomic E-state index is 11.6. The Hall–Kier alpha value is -3.26. The zero-order valence-electron chi connectivity index (χ0n) is 14.6. The van der Waals surface area contributed by atoms with Crippen LogP contribution in [0.2, 0.25) is 0 Å². The molecule has 2 aromatic carbocycles. The van der Waals surface area contributed by atoms with Gasteiger partial charge in [0.25, 0.3) is 5.91 Å². The molecule has 0 aliphatic carbocycles. The van der Waals surface area contributed by atoms with Gasteiger partial charge >= 0.3 is 0 Å². The number of carbonyl (C=O) groups excluding carboxylic acids is 1. The molecule has 1 aromatic heterocycles. The van der Waals surface area contributed by atoms with Crippen LogP contribution in [0.25, 0.3) is 11.3 Å². The molecule has 27 heavy (non-hydrogen) atoms. The summed E-state index contributed by atoms with van der Waals surface area (Å²) in [7, 11) is -2.56. The Morgan fingerprint density at radius 2 is 1.89 bits per heavy atom. The molecule has 7 nitrogen and oxygen atoms in total. The zero-order valence-corrected chi connectivity index (χ0v) is 15.5. The molecule has 140 valence electrons. The molecular weight excluding hydrogens is 366 g/mol. The molecule has 0 spiro atoms. The highest BCUT2D eigenvalue weighted by Gasteiger charge is 2.15. The van der Waals surface area contributed by atoms with Gasteiger partial charge in [-0.2, -0.15) is 0 Å². The molecule has 0 aliphatic rings. The van der Waals surface area contributed by atoms with E-state index in [1.54, 1.807) is 31.2 Å². The van der Waals surface area contributed by atoms with E-state index in [1.165, 1.54) is 0 Å². The van der Waals surface area contributed by atoms with Crippen LogP contribution in [0, 0.1) is 6.92 Å². The lowest BCUT2D eigenvalue weighted by atomic mass is 10.1. The molecule has 1 amide bonds. The van der Waals surface area contributed by atoms with Crippen molar-refractivity contribution >= 4 is 22.3 Å². The lowest BCUT2D eigenvalue weighted by Gasteiger charge is -2.13. The van der Waals surface area contributed by atoms with Crippen molar-refractivity contribution in [1.29, 1.82) is 0 Å². The quantitative estimate of drug-likeness (QED) is 0.467. The third kappa shape index (κ3) is 4.48. The molecule has 0 saturated heterocycles. The van der Waals surface area contributed by atoms with Gasteiger partial charge in [0.15, 0.2) is 10.7 Å². The topological polar surface area (TPSA) is 114 Å². The van der Waals surface area contributed by atoms with Crippen molar-refractivity contribution in [1.82, 2.24) is 4.98 Å². The van der Waals surface area contributed by atoms with E-state index in [0.29, 0.717) is 39.7 Å². The largest absolute Gasteiger partial charge is 0.457 e. The minimum atomic E-state index is -2.56. The average molecular weight is 385 g/mol. The molecule has 0 bridgehead atoms. The Morgan fingerprint density at radius 3 is 2.52 bits per heavy atom. The van der Waals surface area contributed by atoms with Gasteiger partial charge in [0.2, 0.25) is 0 Å². The fourth-order valence-electron chi connectivity index (χ4n) is 2.67. The summed E-state index contributed by atoms with van der Waals surface area (Å²) in [6.45, 7) is 1.76. The van der Waals surface area contributed by atoms with Gasteiger partial charge in [-0.15, -0.1) is 0 Å². The third-order valence-corrected chi connectivity index (χ3v) is 4.35. The minimum Gasteiger partial charge on any atom is -0.457 e. The zero-order chi connectivity index (χ0) is 19.4. The van der Waals surface area contributed by atoms with Crippen LogP contribution in [0.1, 0.15) is 16.1 Å². The molecule has 0 atom stereocenters. The number of hydrogen-bond donors (Lipinski definition) is 4. The van der Waals surface area contributed by atoms with Crippen molar-refractivity contribution in [3.8, 4) is 22.8 Å². The van der Waals surface area contributed by atoms with Crippen molar-refractivity contribution < 1.29 is 17.9 Å². The molecule has 0 aliphatic heterocycles. The summed E-state index contributed by atoms with van der Waals surface area (Å²) in [6.07, 6.45) is 0. The molecule has 8 heteroatoms. The molecule has 3 rings (SSSR count). The first-order valence-electron chi connectivity index (χ1n) is 8.16. The molecule has 1 heterocycles. The summed E-state index contributed by atoms with van der Waals surface area (Å²) in [5.74, 6) is 0.499. The number of nitrogens with two attached hydrogens (primary N) is 1. The van der Waals surface area contributed by atoms with Gasteiger partial charge in [0.1, 0.15) is 17.4 Å². The number of ether oxygens (including phenoxy) is 1. The second kappa shape index (κ2) is 7.96. The van der Waals surface area contributed by atoms with Crippen LogP contribution in [0.15, 0.2) is 54.6 Å². The smallest absolute Gasteiger partial charge is 0.250 e. The number of aromatic nitrogens is 1. The summed E-state index contributed by atoms with van der Waals surface area (Å²) in [5, 5.41) is 2.83. The number of anilines is 1. The lowest BCUT2D eigenvalue weighted by Crippen LogP contribution is -2.10. The van der Waals surface area contributed by atoms with E-state index >= 15 is 0 Å². The van der Waals surface area contributed by atoms with Crippen LogP contribution in [-0.2, 0) is 10.7 Å². The molecular formula is C19H19N3O4S. The van der Waals surface area contributed by atoms with Gasteiger partial charge in [-0.1, -0.05) is 18.2 Å². The summed E-state index contributed by atoms with van der Waals surface area (Å²) >= 11 is 0. The Bertz CT molecular complexity index is 1030. The first-order chi connectivity index (χ1) is 12.9. The standard InChI is InChI=1S/C19H19N3O4S/c1-12-15(19(20)23)10-17(22-12)16-9-13(21-11-27(24)25)7-8-18(16)26-14-5-3-2-4-6-14/h2-10,21-22,27H,11H2,1H3,(H2,20,23). The molecule has 3 aromatic rings. The van der Waals surface area contributed by atoms with E-state index in [1.807, 2.05) is 30.3 Å². The van der Waals surface area contributed by atoms with Crippen molar-refractivity contribution in [3.05, 3.63) is 65.9 Å². The van der Waals surface area contributed by atoms with Gasteiger partial charge in [-0.25, -0.2) is 8.42 Å². The Morgan fingerprint density at radius 1 is 1.15 bits per heavy atom. The van der Waals surface area contributed by atoms with Crippen LogP contribution in [-0.4, -0.2) is 25.2 Å². The molecule has 0 saturated carbocycles. The first kappa shape index (κ1) is 18.5. The number of aryl methyl sites for hydroxylation is 1. The van der Waals surface area contributed by atoms with Gasteiger partial charge in [-0.3, -0.25) is 4.79 Å². The normalized spacial score (nSPS) is 10.7. The van der Waals surface area contributed by atoms with E-state index in [0.717, 1.165) is 0 Å². The van der Waals surface area contributed by atoms with Gasteiger partial charge in [-0.05, 0) is 43.3 Å². The Kier molecular flexibility index (Phi) is 5.46. The number of para-hydroxylation sites is 1. The van der Waals surface area contributed by atoms with Gasteiger partial charge in [0.05, 0.1) is 11.3 Å². The van der Waals surface area contributed by atoms with Crippen LogP contribution >= 0.6 is 0 Å². The van der Waals surface area contributed by atoms with Gasteiger partial charge < -0.3 is 20.8 Å². The van der Waals surface area contributed by atoms with Crippen LogP contribution in [0.3, 0.4) is 0 Å². The number of nitrogens with one attached hydrogen (secondary N) is 2. The van der Waals surface area contributed by atoms with E-state index in [9.17, 15) is 13.2 Å². The fraction of sp³-hybridized carbons (Fsp3) is 0.105. The summed E-state index contributed by atoms with van der Waals surface area (Å²) in [6, 6.07) is 16.1. The number of aromatic amines is 1. The highest BCUT2D eigenvalue weighted by molar-refractivity contribution is 7.72. The summed E-state index contributed by atoms with van der Waals surface area (Å²) in [5.41, 5.74) is 8.35. The number of rotatable bonds is 7. The van der Waals surface area contributed by atoms with Crippen molar-refractivity contribution in [2.45, 2.75) is 6.92 Å². The predicted octanol–water partition coefficient (Wildman–Crippen LogP) is 2.86. The lowest BCUT2D eigenvalue weighted by molar-refractivity contribution is 0.1000. The Labute approximate surface area is 158 Å². The van der Waals surface area contributed by atoms with Crippen LogP contribution in [0.5, 0.6) is 11.5 Å². The van der Waals surface area contributed by atoms with E-state index < -0.39 is 16.6 Å². The van der Waals surface area contributed by atoms with Crippen LogP contribution in [0.4, 0.5) is 5.69 Å². The molecule has 0 radical (unpaired) electrons. The number of H-pyrrole nitrogens is 1. The fourth-order valence-corrected chi connectivity index (χ4v) is 2.98. The minimum absolute atomic E-state index is 0.177. The van der Waals surface area contributed by atoms with Crippen molar-refractivity contribution in [3.63, 3.8) is 0 Å². The molecule has 0 unspecified atom stereocenters. The number of benzene rings is 2. The van der Waals surface area contributed by atoms with Gasteiger partial charge in [0, 0.05) is 16.9 Å². The summed E-state index contributed by atoms with van der Waals surface area (Å²) in [4.78, 5) is 14.7. The highest BCUT2D eigenvalue weighted by atomic mass is 32.2. The van der Waals surface area contributed by atoms with Crippen LogP contribution < -0.4 is 15.8 Å². The average Bonchev–Trinajstić information content (AvgIpc) is 3.03. The maximum atomic E-state index is 11.6.